The molecule has 5 aromatic rings. The van der Waals surface area contributed by atoms with Gasteiger partial charge in [0.1, 0.15) is 0 Å². The Morgan fingerprint density at radius 1 is 0.405 bits per heavy atom. The highest BCUT2D eigenvalue weighted by atomic mass is 15.1. The first kappa shape index (κ1) is 28.4. The summed E-state index contributed by atoms with van der Waals surface area (Å²) in [6, 6.07) is 42.8. The zero-order valence-electron chi connectivity index (χ0n) is 24.6. The highest BCUT2D eigenvalue weighted by molar-refractivity contribution is 5.81. The van der Waals surface area contributed by atoms with E-state index in [9.17, 15) is 0 Å². The monoisotopic (exact) mass is 543 g/mol. The van der Waals surface area contributed by atoms with Crippen molar-refractivity contribution >= 4 is 41.4 Å². The Kier molecular flexibility index (Phi) is 9.44. The summed E-state index contributed by atoms with van der Waals surface area (Å²) < 4.78 is 0. The zero-order chi connectivity index (χ0) is 29.1. The van der Waals surface area contributed by atoms with Crippen LogP contribution in [0.4, 0.5) is 17.1 Å². The Bertz CT molecular complexity index is 1580. The molecule has 0 spiro atoms. The Hall–Kier alpha value is -5.14. The predicted molar refractivity (Wildman–Crippen MR) is 184 cm³/mol. The number of hydrogen-bond acceptors (Lipinski definition) is 1. The zero-order valence-corrected chi connectivity index (χ0v) is 24.6. The van der Waals surface area contributed by atoms with E-state index >= 15 is 0 Å². The number of allylic oxidation sites excluding steroid dienone is 4. The van der Waals surface area contributed by atoms with Crippen LogP contribution in [0.1, 0.15) is 38.9 Å². The van der Waals surface area contributed by atoms with Gasteiger partial charge >= 0.3 is 0 Å². The van der Waals surface area contributed by atoms with Crippen LogP contribution in [0.2, 0.25) is 0 Å². The maximum Gasteiger partial charge on any atom is 0.0520 e. The fraction of sp³-hybridized carbons (Fsp3) is 0.0732. The molecule has 0 saturated carbocycles. The molecule has 0 aliphatic heterocycles. The van der Waals surface area contributed by atoms with E-state index in [0.29, 0.717) is 0 Å². The van der Waals surface area contributed by atoms with Crippen molar-refractivity contribution in [2.24, 2.45) is 0 Å². The maximum atomic E-state index is 2.37. The Balaban J connectivity index is 1.39. The van der Waals surface area contributed by atoms with Crippen LogP contribution in [0.25, 0.3) is 24.3 Å². The van der Waals surface area contributed by atoms with Crippen molar-refractivity contribution < 1.29 is 0 Å². The summed E-state index contributed by atoms with van der Waals surface area (Å²) in [5.74, 6) is 0. The Morgan fingerprint density at radius 2 is 0.738 bits per heavy atom. The largest absolute Gasteiger partial charge is 0.310 e. The van der Waals surface area contributed by atoms with Crippen LogP contribution in [-0.2, 0) is 0 Å². The SMILES string of the molecule is Cc1cc(C)c(N(c2ccc(C=CC=Cc3ccccc3)cc2)c2ccc(C=CC=Cc3ccccc3)cc2)c(C)c1. The van der Waals surface area contributed by atoms with E-state index in [0.717, 1.165) is 22.5 Å². The van der Waals surface area contributed by atoms with E-state index in [4.69, 9.17) is 0 Å². The number of aryl methyl sites for hydroxylation is 3. The highest BCUT2D eigenvalue weighted by Crippen LogP contribution is 2.39. The first-order chi connectivity index (χ1) is 20.6. The molecule has 0 atom stereocenters. The van der Waals surface area contributed by atoms with Crippen LogP contribution in [0, 0.1) is 20.8 Å². The Morgan fingerprint density at radius 3 is 1.10 bits per heavy atom. The van der Waals surface area contributed by atoms with E-state index in [1.807, 2.05) is 12.1 Å². The minimum Gasteiger partial charge on any atom is -0.310 e. The van der Waals surface area contributed by atoms with Crippen LogP contribution in [-0.4, -0.2) is 0 Å². The van der Waals surface area contributed by atoms with Crippen LogP contribution in [0.5, 0.6) is 0 Å². The number of hydrogen-bond donors (Lipinski definition) is 0. The maximum absolute atomic E-state index is 2.37. The summed E-state index contributed by atoms with van der Waals surface area (Å²) >= 11 is 0. The van der Waals surface area contributed by atoms with Crippen molar-refractivity contribution in [1.29, 1.82) is 0 Å². The Labute approximate surface area is 251 Å². The van der Waals surface area contributed by atoms with Gasteiger partial charge in [-0.3, -0.25) is 0 Å². The molecule has 0 unspecified atom stereocenters. The number of benzene rings is 5. The molecule has 0 amide bonds. The standard InChI is InChI=1S/C41H37N/c1-32-30-33(2)41(34(3)31-32)42(39-26-22-37(23-27-39)20-12-10-18-35-14-6-4-7-15-35)40-28-24-38(25-29-40)21-13-11-19-36-16-8-5-9-17-36/h4-31H,1-3H3. The van der Waals surface area contributed by atoms with Crippen LogP contribution < -0.4 is 4.90 Å². The summed E-state index contributed by atoms with van der Waals surface area (Å²) in [6.45, 7) is 6.57. The number of rotatable bonds is 9. The van der Waals surface area contributed by atoms with Gasteiger partial charge in [0.25, 0.3) is 0 Å². The summed E-state index contributed by atoms with van der Waals surface area (Å²) in [6.07, 6.45) is 16.9. The van der Waals surface area contributed by atoms with E-state index < -0.39 is 0 Å². The summed E-state index contributed by atoms with van der Waals surface area (Å²) in [5.41, 5.74) is 12.0. The molecule has 5 rings (SSSR count). The van der Waals surface area contributed by atoms with Gasteiger partial charge in [-0.05, 0) is 78.4 Å². The van der Waals surface area contributed by atoms with Gasteiger partial charge in [0.2, 0.25) is 0 Å². The summed E-state index contributed by atoms with van der Waals surface area (Å²) in [5, 5.41) is 0. The quantitative estimate of drug-likeness (QED) is 0.167. The molecule has 0 bridgehead atoms. The molecule has 0 saturated heterocycles. The average molecular weight is 544 g/mol. The summed E-state index contributed by atoms with van der Waals surface area (Å²) in [7, 11) is 0. The molecule has 0 fully saturated rings. The number of nitrogens with zero attached hydrogens (tertiary/aromatic N) is 1. The number of anilines is 3. The van der Waals surface area contributed by atoms with E-state index in [1.54, 1.807) is 0 Å². The smallest absolute Gasteiger partial charge is 0.0520 e. The molecule has 0 aliphatic carbocycles. The first-order valence-corrected chi connectivity index (χ1v) is 14.4. The van der Waals surface area contributed by atoms with Gasteiger partial charge < -0.3 is 4.90 Å². The molecule has 1 nitrogen and oxygen atoms in total. The van der Waals surface area contributed by atoms with Crippen molar-refractivity contribution in [1.82, 2.24) is 0 Å². The second-order valence-electron chi connectivity index (χ2n) is 10.5. The molecule has 0 aliphatic rings. The average Bonchev–Trinajstić information content (AvgIpc) is 3.01. The molecule has 42 heavy (non-hydrogen) atoms. The molecular weight excluding hydrogens is 506 g/mol. The lowest BCUT2D eigenvalue weighted by Crippen LogP contribution is -2.13. The van der Waals surface area contributed by atoms with Gasteiger partial charge in [0.15, 0.2) is 0 Å². The molecule has 0 aromatic heterocycles. The minimum atomic E-state index is 1.14. The van der Waals surface area contributed by atoms with E-state index in [-0.39, 0.29) is 0 Å². The molecule has 0 heterocycles. The second kappa shape index (κ2) is 14.0. The van der Waals surface area contributed by atoms with Crippen molar-refractivity contribution in [3.63, 3.8) is 0 Å². The van der Waals surface area contributed by atoms with Crippen molar-refractivity contribution in [3.8, 4) is 0 Å². The lowest BCUT2D eigenvalue weighted by molar-refractivity contribution is 1.20. The minimum absolute atomic E-state index is 1.14. The molecule has 0 radical (unpaired) electrons. The highest BCUT2D eigenvalue weighted by Gasteiger charge is 2.17. The van der Waals surface area contributed by atoms with Gasteiger partial charge in [-0.2, -0.15) is 0 Å². The first-order valence-electron chi connectivity index (χ1n) is 14.4. The third kappa shape index (κ3) is 7.53. The second-order valence-corrected chi connectivity index (χ2v) is 10.5. The van der Waals surface area contributed by atoms with E-state index in [2.05, 4.69) is 183 Å². The van der Waals surface area contributed by atoms with Crippen LogP contribution in [0.15, 0.2) is 146 Å². The molecule has 206 valence electrons. The molecule has 5 aromatic carbocycles. The van der Waals surface area contributed by atoms with Gasteiger partial charge in [-0.1, -0.05) is 151 Å². The lowest BCUT2D eigenvalue weighted by Gasteiger charge is -2.29. The molecule has 1 heteroatoms. The fourth-order valence-corrected chi connectivity index (χ4v) is 5.20. The van der Waals surface area contributed by atoms with Gasteiger partial charge in [0.05, 0.1) is 5.69 Å². The normalized spacial score (nSPS) is 11.8. The summed E-state index contributed by atoms with van der Waals surface area (Å²) in [4.78, 5) is 2.37. The molecule has 0 N–H and O–H groups in total. The lowest BCUT2D eigenvalue weighted by atomic mass is 10.0. The van der Waals surface area contributed by atoms with E-state index in [1.165, 1.54) is 33.5 Å². The van der Waals surface area contributed by atoms with Gasteiger partial charge in [-0.15, -0.1) is 0 Å². The van der Waals surface area contributed by atoms with Crippen molar-refractivity contribution in [2.45, 2.75) is 20.8 Å². The molecular formula is C41H37N. The third-order valence-corrected chi connectivity index (χ3v) is 7.14. The third-order valence-electron chi connectivity index (χ3n) is 7.14. The van der Waals surface area contributed by atoms with Crippen LogP contribution >= 0.6 is 0 Å². The van der Waals surface area contributed by atoms with Crippen molar-refractivity contribution in [3.05, 3.63) is 185 Å². The predicted octanol–water partition coefficient (Wildman–Crippen LogP) is 11.5. The van der Waals surface area contributed by atoms with Crippen LogP contribution in [0.3, 0.4) is 0 Å². The van der Waals surface area contributed by atoms with Gasteiger partial charge in [-0.25, -0.2) is 0 Å². The van der Waals surface area contributed by atoms with Gasteiger partial charge in [0, 0.05) is 11.4 Å². The fourth-order valence-electron chi connectivity index (χ4n) is 5.20. The van der Waals surface area contributed by atoms with Crippen molar-refractivity contribution in [2.75, 3.05) is 4.90 Å². The topological polar surface area (TPSA) is 3.24 Å².